The van der Waals surface area contributed by atoms with E-state index in [9.17, 15) is 24.1 Å². The van der Waals surface area contributed by atoms with Crippen molar-refractivity contribution in [3.8, 4) is 0 Å². The molecule has 0 bridgehead atoms. The number of halogens is 1. The molecule has 2 N–H and O–H groups in total. The zero-order chi connectivity index (χ0) is 21.3. The maximum Gasteiger partial charge on any atom is 0.269 e. The molecule has 1 aliphatic heterocycles. The van der Waals surface area contributed by atoms with Gasteiger partial charge < -0.3 is 10.3 Å². The molecule has 0 saturated carbocycles. The number of aromatic amines is 1. The van der Waals surface area contributed by atoms with Crippen molar-refractivity contribution in [1.29, 1.82) is 0 Å². The molecule has 2 aromatic carbocycles. The first-order chi connectivity index (χ1) is 14.4. The first-order valence-electron chi connectivity index (χ1n) is 8.97. The molecule has 0 spiro atoms. The van der Waals surface area contributed by atoms with Crippen LogP contribution in [0.25, 0.3) is 0 Å². The molecule has 1 unspecified atom stereocenters. The molecule has 1 atom stereocenters. The number of hydrogen-bond donors (Lipinski definition) is 2. The summed E-state index contributed by atoms with van der Waals surface area (Å²) in [5, 5.41) is 13.7. The van der Waals surface area contributed by atoms with Crippen LogP contribution in [0.1, 0.15) is 29.0 Å². The van der Waals surface area contributed by atoms with Gasteiger partial charge >= 0.3 is 0 Å². The first kappa shape index (κ1) is 19.8. The molecule has 0 radical (unpaired) electrons. The lowest BCUT2D eigenvalue weighted by molar-refractivity contribution is -0.384. The van der Waals surface area contributed by atoms with Gasteiger partial charge in [0, 0.05) is 30.2 Å². The highest BCUT2D eigenvalue weighted by molar-refractivity contribution is 7.98. The zero-order valence-corrected chi connectivity index (χ0v) is 16.2. The number of non-ortho nitro benzene ring substituents is 1. The second-order valence-corrected chi connectivity index (χ2v) is 7.63. The van der Waals surface area contributed by atoms with Gasteiger partial charge in [-0.2, -0.15) is 0 Å². The molecule has 8 nitrogen and oxygen atoms in total. The van der Waals surface area contributed by atoms with Gasteiger partial charge in [-0.3, -0.25) is 19.7 Å². The fraction of sp³-hybridized carbons (Fsp3) is 0.150. The monoisotopic (exact) mass is 426 g/mol. The van der Waals surface area contributed by atoms with Crippen molar-refractivity contribution in [3.05, 3.63) is 91.5 Å². The minimum absolute atomic E-state index is 0.0251. The minimum atomic E-state index is -0.573. The number of nitro groups is 1. The van der Waals surface area contributed by atoms with E-state index in [0.29, 0.717) is 16.7 Å². The summed E-state index contributed by atoms with van der Waals surface area (Å²) in [6, 6.07) is 12.0. The number of H-pyrrole nitrogens is 1. The van der Waals surface area contributed by atoms with E-state index >= 15 is 0 Å². The number of fused-ring (bicyclic) bond motifs is 1. The first-order valence-corrected chi connectivity index (χ1v) is 9.95. The summed E-state index contributed by atoms with van der Waals surface area (Å²) >= 11 is 1.15. The Morgan fingerprint density at radius 2 is 1.90 bits per heavy atom. The summed E-state index contributed by atoms with van der Waals surface area (Å²) in [4.78, 5) is 42.4. The number of carbonyl (C=O) groups excluding carboxylic acids is 1. The van der Waals surface area contributed by atoms with E-state index in [2.05, 4.69) is 15.3 Å². The third kappa shape index (κ3) is 3.94. The number of thioether (sulfide) groups is 1. The SMILES string of the molecule is O=C1CC(c2ccc([N+](=O)[O-])cc2)c2c(nc(SCc3ccccc3F)[nH]c2=O)N1. The molecule has 3 aromatic rings. The molecular formula is C20H15FN4O4S. The summed E-state index contributed by atoms with van der Waals surface area (Å²) < 4.78 is 13.8. The van der Waals surface area contributed by atoms with Crippen LogP contribution in [0.2, 0.25) is 0 Å². The lowest BCUT2D eigenvalue weighted by Gasteiger charge is -2.24. The Kier molecular flexibility index (Phi) is 5.32. The Labute approximate surface area is 173 Å². The zero-order valence-electron chi connectivity index (χ0n) is 15.4. The smallest absolute Gasteiger partial charge is 0.269 e. The van der Waals surface area contributed by atoms with Crippen molar-refractivity contribution >= 4 is 29.2 Å². The number of anilines is 1. The van der Waals surface area contributed by atoms with E-state index in [1.54, 1.807) is 18.2 Å². The Morgan fingerprint density at radius 1 is 1.17 bits per heavy atom. The van der Waals surface area contributed by atoms with Gasteiger partial charge in [0.25, 0.3) is 11.2 Å². The van der Waals surface area contributed by atoms with Gasteiger partial charge in [-0.25, -0.2) is 9.37 Å². The molecular weight excluding hydrogens is 411 g/mol. The van der Waals surface area contributed by atoms with E-state index in [0.717, 1.165) is 11.8 Å². The Morgan fingerprint density at radius 3 is 2.60 bits per heavy atom. The number of carbonyl (C=O) groups is 1. The molecule has 10 heteroatoms. The van der Waals surface area contributed by atoms with Crippen LogP contribution >= 0.6 is 11.8 Å². The summed E-state index contributed by atoms with van der Waals surface area (Å²) in [5.41, 5.74) is 0.871. The Balaban J connectivity index is 1.65. The van der Waals surface area contributed by atoms with Crippen molar-refractivity contribution in [2.24, 2.45) is 0 Å². The normalized spacial score (nSPS) is 15.4. The number of benzene rings is 2. The van der Waals surface area contributed by atoms with Crippen LogP contribution in [0.5, 0.6) is 0 Å². The molecule has 0 saturated heterocycles. The van der Waals surface area contributed by atoms with E-state index < -0.39 is 16.4 Å². The van der Waals surface area contributed by atoms with Gasteiger partial charge in [0.1, 0.15) is 11.6 Å². The minimum Gasteiger partial charge on any atom is -0.310 e. The highest BCUT2D eigenvalue weighted by Crippen LogP contribution is 2.35. The third-order valence-electron chi connectivity index (χ3n) is 4.76. The number of aromatic nitrogens is 2. The molecule has 2 heterocycles. The van der Waals surface area contributed by atoms with Gasteiger partial charge in [0.15, 0.2) is 5.16 Å². The standard InChI is InChI=1S/C20H15FN4O4S/c21-15-4-2-1-3-12(15)10-30-20-23-18-17(19(27)24-20)14(9-16(26)22-18)11-5-7-13(8-6-11)25(28)29/h1-8,14H,9-10H2,(H2,22,23,24,26,27). The van der Waals surface area contributed by atoms with Crippen molar-refractivity contribution in [3.63, 3.8) is 0 Å². The van der Waals surface area contributed by atoms with Crippen LogP contribution in [-0.4, -0.2) is 20.8 Å². The molecule has 0 aliphatic carbocycles. The van der Waals surface area contributed by atoms with E-state index in [4.69, 9.17) is 0 Å². The van der Waals surface area contributed by atoms with Crippen LogP contribution in [0.3, 0.4) is 0 Å². The van der Waals surface area contributed by atoms with Crippen molar-refractivity contribution in [1.82, 2.24) is 9.97 Å². The van der Waals surface area contributed by atoms with Gasteiger partial charge in [0.05, 0.1) is 10.5 Å². The van der Waals surface area contributed by atoms with Crippen LogP contribution < -0.4 is 10.9 Å². The molecule has 1 aliphatic rings. The Bertz CT molecular complexity index is 1200. The number of nitrogens with zero attached hydrogens (tertiary/aromatic N) is 2. The fourth-order valence-electron chi connectivity index (χ4n) is 3.29. The van der Waals surface area contributed by atoms with Crippen LogP contribution in [0.15, 0.2) is 58.5 Å². The molecule has 1 aromatic heterocycles. The number of nitro benzene ring substituents is 1. The van der Waals surface area contributed by atoms with Crippen molar-refractivity contribution in [2.75, 3.05) is 5.32 Å². The molecule has 30 heavy (non-hydrogen) atoms. The van der Waals surface area contributed by atoms with Gasteiger partial charge in [-0.15, -0.1) is 0 Å². The molecule has 1 amide bonds. The quantitative estimate of drug-likeness (QED) is 0.279. The largest absolute Gasteiger partial charge is 0.310 e. The highest BCUT2D eigenvalue weighted by Gasteiger charge is 2.31. The maximum atomic E-state index is 13.8. The summed E-state index contributed by atoms with van der Waals surface area (Å²) in [5.74, 6) is -0.828. The average Bonchev–Trinajstić information content (AvgIpc) is 2.72. The summed E-state index contributed by atoms with van der Waals surface area (Å²) in [6.07, 6.45) is 0.0251. The number of nitrogens with one attached hydrogen (secondary N) is 2. The number of hydrogen-bond acceptors (Lipinski definition) is 6. The summed E-state index contributed by atoms with van der Waals surface area (Å²) in [6.45, 7) is 0. The van der Waals surface area contributed by atoms with Crippen LogP contribution in [-0.2, 0) is 10.5 Å². The molecule has 4 rings (SSSR count). The number of rotatable bonds is 5. The highest BCUT2D eigenvalue weighted by atomic mass is 32.2. The van der Waals surface area contributed by atoms with Gasteiger partial charge in [0.2, 0.25) is 5.91 Å². The summed E-state index contributed by atoms with van der Waals surface area (Å²) in [7, 11) is 0. The van der Waals surface area contributed by atoms with Gasteiger partial charge in [-0.1, -0.05) is 42.1 Å². The lowest BCUT2D eigenvalue weighted by atomic mass is 9.87. The fourth-order valence-corrected chi connectivity index (χ4v) is 4.14. The van der Waals surface area contributed by atoms with E-state index in [1.807, 2.05) is 0 Å². The maximum absolute atomic E-state index is 13.8. The lowest BCUT2D eigenvalue weighted by Crippen LogP contribution is -2.31. The van der Waals surface area contributed by atoms with Crippen LogP contribution in [0.4, 0.5) is 15.9 Å². The topological polar surface area (TPSA) is 118 Å². The van der Waals surface area contributed by atoms with Crippen molar-refractivity contribution < 1.29 is 14.1 Å². The predicted molar refractivity (Wildman–Crippen MR) is 109 cm³/mol. The molecule has 0 fully saturated rings. The van der Waals surface area contributed by atoms with Crippen LogP contribution in [0, 0.1) is 15.9 Å². The number of amides is 1. The average molecular weight is 426 g/mol. The molecule has 152 valence electrons. The van der Waals surface area contributed by atoms with E-state index in [-0.39, 0.29) is 40.6 Å². The van der Waals surface area contributed by atoms with E-state index in [1.165, 1.54) is 30.3 Å². The van der Waals surface area contributed by atoms with Gasteiger partial charge in [-0.05, 0) is 17.2 Å². The predicted octanol–water partition coefficient (Wildman–Crippen LogP) is 3.58. The third-order valence-corrected chi connectivity index (χ3v) is 5.68. The Hall–Kier alpha value is -3.53. The second-order valence-electron chi connectivity index (χ2n) is 6.67. The van der Waals surface area contributed by atoms with Crippen molar-refractivity contribution in [2.45, 2.75) is 23.2 Å². The second kappa shape index (κ2) is 8.07.